The third kappa shape index (κ3) is 4.88. The second-order valence-corrected chi connectivity index (χ2v) is 4.19. The Morgan fingerprint density at radius 2 is 2.24 bits per heavy atom. The van der Waals surface area contributed by atoms with E-state index in [1.165, 1.54) is 0 Å². The van der Waals surface area contributed by atoms with Gasteiger partial charge in [-0.3, -0.25) is 14.4 Å². The van der Waals surface area contributed by atoms with Gasteiger partial charge in [0.15, 0.2) is 6.61 Å². The maximum absolute atomic E-state index is 11.6. The monoisotopic (exact) mass is 254 g/mol. The van der Waals surface area contributed by atoms with Gasteiger partial charge in [0.1, 0.15) is 0 Å². The first-order valence-corrected chi connectivity index (χ1v) is 6.31. The zero-order valence-corrected chi connectivity index (χ0v) is 10.3. The maximum atomic E-state index is 11.6. The maximum Gasteiger partial charge on any atom is 0.274 e. The summed E-state index contributed by atoms with van der Waals surface area (Å²) in [6.07, 6.45) is 1.99. The SMILES string of the molecule is CSCc1cccc(C(=O)NOCC(N)=O)c1. The Kier molecular flexibility index (Phi) is 5.51. The molecule has 6 heteroatoms. The summed E-state index contributed by atoms with van der Waals surface area (Å²) in [6, 6.07) is 7.19. The molecular formula is C11H14N2O3S. The number of benzene rings is 1. The Hall–Kier alpha value is -1.53. The molecule has 0 saturated heterocycles. The quantitative estimate of drug-likeness (QED) is 0.732. The third-order valence-electron chi connectivity index (χ3n) is 1.88. The molecule has 0 saturated carbocycles. The number of nitrogens with one attached hydrogen (secondary N) is 1. The van der Waals surface area contributed by atoms with E-state index in [-0.39, 0.29) is 6.61 Å². The molecule has 2 amide bonds. The first kappa shape index (κ1) is 13.5. The van der Waals surface area contributed by atoms with Crippen LogP contribution in [0.5, 0.6) is 0 Å². The Balaban J connectivity index is 2.56. The van der Waals surface area contributed by atoms with E-state index >= 15 is 0 Å². The lowest BCUT2D eigenvalue weighted by atomic mass is 10.1. The van der Waals surface area contributed by atoms with Crippen molar-refractivity contribution < 1.29 is 14.4 Å². The van der Waals surface area contributed by atoms with Crippen molar-refractivity contribution in [2.24, 2.45) is 5.73 Å². The molecule has 1 aromatic carbocycles. The van der Waals surface area contributed by atoms with Gasteiger partial charge in [0.2, 0.25) is 5.91 Å². The highest BCUT2D eigenvalue weighted by molar-refractivity contribution is 7.97. The number of hydroxylamine groups is 1. The summed E-state index contributed by atoms with van der Waals surface area (Å²) in [6.45, 7) is -0.337. The summed E-state index contributed by atoms with van der Waals surface area (Å²) in [5, 5.41) is 0. The van der Waals surface area contributed by atoms with Crippen molar-refractivity contribution in [3.63, 3.8) is 0 Å². The second-order valence-electron chi connectivity index (χ2n) is 3.32. The predicted molar refractivity (Wildman–Crippen MR) is 66.3 cm³/mol. The fraction of sp³-hybridized carbons (Fsp3) is 0.273. The molecule has 17 heavy (non-hydrogen) atoms. The summed E-state index contributed by atoms with van der Waals surface area (Å²) in [4.78, 5) is 26.6. The summed E-state index contributed by atoms with van der Waals surface area (Å²) in [7, 11) is 0. The molecule has 3 N–H and O–H groups in total. The van der Waals surface area contributed by atoms with Crippen LogP contribution in [0.4, 0.5) is 0 Å². The van der Waals surface area contributed by atoms with Gasteiger partial charge in [0.25, 0.3) is 5.91 Å². The zero-order valence-electron chi connectivity index (χ0n) is 9.43. The van der Waals surface area contributed by atoms with Crippen LogP contribution in [-0.4, -0.2) is 24.7 Å². The van der Waals surface area contributed by atoms with Crippen molar-refractivity contribution in [3.8, 4) is 0 Å². The van der Waals surface area contributed by atoms with Crippen LogP contribution in [0.2, 0.25) is 0 Å². The minimum absolute atomic E-state index is 0.337. The average molecular weight is 254 g/mol. The van der Waals surface area contributed by atoms with Gasteiger partial charge in [0, 0.05) is 11.3 Å². The molecule has 92 valence electrons. The van der Waals surface area contributed by atoms with Crippen LogP contribution >= 0.6 is 11.8 Å². The molecule has 0 aromatic heterocycles. The van der Waals surface area contributed by atoms with E-state index in [4.69, 9.17) is 5.73 Å². The molecule has 0 aliphatic carbocycles. The fourth-order valence-corrected chi connectivity index (χ4v) is 1.71. The fourth-order valence-electron chi connectivity index (χ4n) is 1.20. The molecule has 0 heterocycles. The van der Waals surface area contributed by atoms with Crippen LogP contribution in [-0.2, 0) is 15.4 Å². The minimum Gasteiger partial charge on any atom is -0.368 e. The molecule has 1 aromatic rings. The van der Waals surface area contributed by atoms with E-state index in [0.29, 0.717) is 5.56 Å². The van der Waals surface area contributed by atoms with Crippen molar-refractivity contribution in [2.45, 2.75) is 5.75 Å². The van der Waals surface area contributed by atoms with Gasteiger partial charge in [-0.2, -0.15) is 11.8 Å². The molecule has 0 aliphatic heterocycles. The molecule has 0 radical (unpaired) electrons. The van der Waals surface area contributed by atoms with E-state index in [1.54, 1.807) is 30.0 Å². The summed E-state index contributed by atoms with van der Waals surface area (Å²) in [5.74, 6) is -0.195. The number of amides is 2. The van der Waals surface area contributed by atoms with Crippen molar-refractivity contribution >= 4 is 23.6 Å². The largest absolute Gasteiger partial charge is 0.368 e. The second kappa shape index (κ2) is 6.93. The molecule has 0 bridgehead atoms. The molecule has 0 atom stereocenters. The smallest absolute Gasteiger partial charge is 0.274 e. The van der Waals surface area contributed by atoms with Crippen LogP contribution < -0.4 is 11.2 Å². The third-order valence-corrected chi connectivity index (χ3v) is 2.50. The Labute approximate surface area is 104 Å². The van der Waals surface area contributed by atoms with Crippen molar-refractivity contribution in [1.29, 1.82) is 0 Å². The minimum atomic E-state index is -0.638. The standard InChI is InChI=1S/C11H14N2O3S/c1-17-7-8-3-2-4-9(5-8)11(15)13-16-6-10(12)14/h2-5H,6-7H2,1H3,(H2,12,14)(H,13,15). The number of hydrogen-bond donors (Lipinski definition) is 2. The molecule has 0 spiro atoms. The van der Waals surface area contributed by atoms with E-state index in [0.717, 1.165) is 11.3 Å². The molecule has 5 nitrogen and oxygen atoms in total. The average Bonchev–Trinajstić information content (AvgIpc) is 2.29. The van der Waals surface area contributed by atoms with Crippen molar-refractivity contribution in [2.75, 3.05) is 12.9 Å². The van der Waals surface area contributed by atoms with Crippen LogP contribution in [0.15, 0.2) is 24.3 Å². The highest BCUT2D eigenvalue weighted by atomic mass is 32.2. The molecular weight excluding hydrogens is 240 g/mol. The van der Waals surface area contributed by atoms with Gasteiger partial charge < -0.3 is 5.73 Å². The van der Waals surface area contributed by atoms with Crippen molar-refractivity contribution in [3.05, 3.63) is 35.4 Å². The number of rotatable bonds is 6. The summed E-state index contributed by atoms with van der Waals surface area (Å²) in [5.41, 5.74) is 8.56. The highest BCUT2D eigenvalue weighted by Crippen LogP contribution is 2.11. The van der Waals surface area contributed by atoms with Crippen LogP contribution in [0.3, 0.4) is 0 Å². The first-order chi connectivity index (χ1) is 8.13. The lowest BCUT2D eigenvalue weighted by Gasteiger charge is -2.05. The number of carbonyl (C=O) groups is 2. The number of nitrogens with two attached hydrogens (primary N) is 1. The van der Waals surface area contributed by atoms with E-state index < -0.39 is 11.8 Å². The molecule has 0 aliphatic rings. The number of primary amides is 1. The lowest BCUT2D eigenvalue weighted by Crippen LogP contribution is -2.29. The zero-order chi connectivity index (χ0) is 12.7. The number of thioether (sulfide) groups is 1. The van der Waals surface area contributed by atoms with Gasteiger partial charge in [-0.25, -0.2) is 5.48 Å². The Morgan fingerprint density at radius 3 is 2.88 bits per heavy atom. The Bertz CT molecular complexity index is 409. The topological polar surface area (TPSA) is 81.4 Å². The van der Waals surface area contributed by atoms with Gasteiger partial charge >= 0.3 is 0 Å². The van der Waals surface area contributed by atoms with E-state index in [2.05, 4.69) is 10.3 Å². The number of carbonyl (C=O) groups excluding carboxylic acids is 2. The van der Waals surface area contributed by atoms with Crippen LogP contribution in [0.25, 0.3) is 0 Å². The molecule has 0 fully saturated rings. The van der Waals surface area contributed by atoms with Crippen molar-refractivity contribution in [1.82, 2.24) is 5.48 Å². The summed E-state index contributed by atoms with van der Waals surface area (Å²) >= 11 is 1.67. The van der Waals surface area contributed by atoms with Crippen LogP contribution in [0, 0.1) is 0 Å². The van der Waals surface area contributed by atoms with Gasteiger partial charge in [0.05, 0.1) is 0 Å². The predicted octanol–water partition coefficient (Wildman–Crippen LogP) is 0.696. The molecule has 0 unspecified atom stereocenters. The normalized spacial score (nSPS) is 9.94. The highest BCUT2D eigenvalue weighted by Gasteiger charge is 2.06. The van der Waals surface area contributed by atoms with E-state index in [1.807, 2.05) is 12.3 Å². The van der Waals surface area contributed by atoms with Gasteiger partial charge in [-0.15, -0.1) is 0 Å². The summed E-state index contributed by atoms with van der Waals surface area (Å²) < 4.78 is 0. The molecule has 1 rings (SSSR count). The first-order valence-electron chi connectivity index (χ1n) is 4.92. The van der Waals surface area contributed by atoms with Crippen LogP contribution in [0.1, 0.15) is 15.9 Å². The van der Waals surface area contributed by atoms with E-state index in [9.17, 15) is 9.59 Å². The Morgan fingerprint density at radius 1 is 1.47 bits per heavy atom. The van der Waals surface area contributed by atoms with Gasteiger partial charge in [-0.05, 0) is 24.0 Å². The van der Waals surface area contributed by atoms with Gasteiger partial charge in [-0.1, -0.05) is 12.1 Å². The number of hydrogen-bond acceptors (Lipinski definition) is 4. The lowest BCUT2D eigenvalue weighted by molar-refractivity contribution is -0.124.